The first-order valence-electron chi connectivity index (χ1n) is 8.40. The molecule has 26 heavy (non-hydrogen) atoms. The lowest BCUT2D eigenvalue weighted by Gasteiger charge is -2.25. The first-order chi connectivity index (χ1) is 12.6. The average Bonchev–Trinajstić information content (AvgIpc) is 2.79. The first-order valence-corrected chi connectivity index (χ1v) is 8.40. The third kappa shape index (κ3) is 3.28. The molecular weight excluding hydrogens is 334 g/mol. The molecule has 1 aromatic heterocycles. The Morgan fingerprint density at radius 3 is 2.35 bits per heavy atom. The van der Waals surface area contributed by atoms with E-state index in [-0.39, 0.29) is 0 Å². The summed E-state index contributed by atoms with van der Waals surface area (Å²) in [6, 6.07) is 9.73. The maximum Gasteiger partial charge on any atom is 0.128 e. The summed E-state index contributed by atoms with van der Waals surface area (Å²) in [7, 11) is 2.04. The Balaban J connectivity index is 1.80. The number of likely N-dealkylation sites (N-methyl/N-ethyl adjacent to an activating group) is 1. The molecule has 0 saturated carbocycles. The zero-order valence-corrected chi connectivity index (χ0v) is 14.4. The van der Waals surface area contributed by atoms with Crippen molar-refractivity contribution in [1.82, 2.24) is 14.9 Å². The van der Waals surface area contributed by atoms with Crippen molar-refractivity contribution in [1.29, 1.82) is 0 Å². The van der Waals surface area contributed by atoms with Gasteiger partial charge in [0.15, 0.2) is 0 Å². The van der Waals surface area contributed by atoms with Gasteiger partial charge in [-0.3, -0.25) is 0 Å². The number of rotatable bonds is 2. The molecule has 0 spiro atoms. The number of anilines is 2. The largest absolute Gasteiger partial charge is 0.340 e. The molecule has 0 radical (unpaired) electrons. The van der Waals surface area contributed by atoms with Gasteiger partial charge >= 0.3 is 0 Å². The van der Waals surface area contributed by atoms with Gasteiger partial charge in [0.2, 0.25) is 0 Å². The molecule has 0 N–H and O–H groups in total. The molecule has 0 fully saturated rings. The van der Waals surface area contributed by atoms with Crippen LogP contribution in [0.15, 0.2) is 55.1 Å². The van der Waals surface area contributed by atoms with Crippen molar-refractivity contribution in [3.05, 3.63) is 72.3 Å². The minimum absolute atomic E-state index is 0.523. The first kappa shape index (κ1) is 16.6. The fraction of sp³-hybridized carbons (Fsp3) is 0.200. The lowest BCUT2D eigenvalue weighted by Crippen LogP contribution is -2.26. The molecule has 0 atom stereocenters. The van der Waals surface area contributed by atoms with Crippen LogP contribution in [0, 0.1) is 11.6 Å². The van der Waals surface area contributed by atoms with Crippen molar-refractivity contribution < 1.29 is 8.78 Å². The summed E-state index contributed by atoms with van der Waals surface area (Å²) in [6.45, 7) is 2.20. The minimum Gasteiger partial charge on any atom is -0.340 e. The molecule has 132 valence electrons. The van der Waals surface area contributed by atoms with Crippen molar-refractivity contribution in [2.24, 2.45) is 0 Å². The molecule has 1 aliphatic heterocycles. The second-order valence-corrected chi connectivity index (χ2v) is 6.49. The third-order valence-corrected chi connectivity index (χ3v) is 4.57. The summed E-state index contributed by atoms with van der Waals surface area (Å²) in [5, 5.41) is 0. The van der Waals surface area contributed by atoms with E-state index in [0.717, 1.165) is 41.5 Å². The molecule has 2 aromatic carbocycles. The summed E-state index contributed by atoms with van der Waals surface area (Å²) in [5.74, 6) is -1.14. The summed E-state index contributed by atoms with van der Waals surface area (Å²) < 4.78 is 27.5. The van der Waals surface area contributed by atoms with Gasteiger partial charge in [0.1, 0.15) is 18.0 Å². The lowest BCUT2D eigenvalue weighted by atomic mass is 10.0. The van der Waals surface area contributed by atoms with Crippen molar-refractivity contribution in [2.75, 3.05) is 25.0 Å². The fourth-order valence-corrected chi connectivity index (χ4v) is 3.33. The number of benzene rings is 2. The maximum absolute atomic E-state index is 13.7. The van der Waals surface area contributed by atoms with Gasteiger partial charge in [0, 0.05) is 55.0 Å². The maximum atomic E-state index is 13.7. The summed E-state index contributed by atoms with van der Waals surface area (Å²) >= 11 is 0. The van der Waals surface area contributed by atoms with Gasteiger partial charge in [-0.15, -0.1) is 0 Å². The molecule has 0 saturated heterocycles. The van der Waals surface area contributed by atoms with E-state index >= 15 is 0 Å². The van der Waals surface area contributed by atoms with E-state index in [1.807, 2.05) is 24.1 Å². The highest BCUT2D eigenvalue weighted by Crippen LogP contribution is 2.34. The van der Waals surface area contributed by atoms with Crippen LogP contribution >= 0.6 is 0 Å². The Hall–Kier alpha value is -2.86. The summed E-state index contributed by atoms with van der Waals surface area (Å²) in [5.41, 5.74) is 4.53. The monoisotopic (exact) mass is 352 g/mol. The molecule has 1 aliphatic rings. The Bertz CT molecular complexity index is 910. The number of hydrogen-bond donors (Lipinski definition) is 0. The van der Waals surface area contributed by atoms with Crippen LogP contribution < -0.4 is 4.90 Å². The van der Waals surface area contributed by atoms with E-state index < -0.39 is 11.6 Å². The molecular formula is C20H18F2N4. The minimum atomic E-state index is -0.572. The van der Waals surface area contributed by atoms with Crippen LogP contribution in [0.2, 0.25) is 0 Å². The highest BCUT2D eigenvalue weighted by atomic mass is 19.1. The zero-order chi connectivity index (χ0) is 18.1. The summed E-state index contributed by atoms with van der Waals surface area (Å²) in [4.78, 5) is 12.3. The smallest absolute Gasteiger partial charge is 0.128 e. The third-order valence-electron chi connectivity index (χ3n) is 4.57. The van der Waals surface area contributed by atoms with E-state index in [0.29, 0.717) is 12.2 Å². The molecule has 0 bridgehead atoms. The number of nitrogens with zero attached hydrogens (tertiary/aromatic N) is 4. The van der Waals surface area contributed by atoms with Gasteiger partial charge in [-0.1, -0.05) is 6.07 Å². The molecule has 4 rings (SSSR count). The van der Waals surface area contributed by atoms with Crippen LogP contribution in [0.5, 0.6) is 0 Å². The zero-order valence-electron chi connectivity index (χ0n) is 14.4. The second kappa shape index (κ2) is 6.80. The molecule has 0 amide bonds. The number of halogens is 2. The Morgan fingerprint density at radius 2 is 1.62 bits per heavy atom. The molecule has 0 aliphatic carbocycles. The molecule has 0 unspecified atom stereocenters. The highest BCUT2D eigenvalue weighted by molar-refractivity contribution is 5.72. The van der Waals surface area contributed by atoms with E-state index in [1.165, 1.54) is 18.5 Å². The Morgan fingerprint density at radius 1 is 0.885 bits per heavy atom. The van der Waals surface area contributed by atoms with Gasteiger partial charge in [0.05, 0.1) is 0 Å². The van der Waals surface area contributed by atoms with Gasteiger partial charge < -0.3 is 9.80 Å². The van der Waals surface area contributed by atoms with Crippen LogP contribution in [0.1, 0.15) is 5.56 Å². The fourth-order valence-electron chi connectivity index (χ4n) is 3.33. The lowest BCUT2D eigenvalue weighted by molar-refractivity contribution is 0.343. The van der Waals surface area contributed by atoms with Gasteiger partial charge in [-0.2, -0.15) is 0 Å². The van der Waals surface area contributed by atoms with Crippen LogP contribution in [-0.4, -0.2) is 35.0 Å². The van der Waals surface area contributed by atoms with E-state index in [9.17, 15) is 8.78 Å². The van der Waals surface area contributed by atoms with E-state index in [2.05, 4.69) is 20.9 Å². The molecule has 4 nitrogen and oxygen atoms in total. The molecule has 3 aromatic rings. The van der Waals surface area contributed by atoms with Crippen molar-refractivity contribution in [2.45, 2.75) is 6.54 Å². The standard InChI is InChI=1S/C20H18F2N4/c1-25-4-5-26(19-8-17(21)7-18(22)9-19)20-3-2-14(6-15(20)12-25)16-10-23-13-24-11-16/h2-3,6-11,13H,4-5,12H2,1H3. The van der Waals surface area contributed by atoms with Crippen LogP contribution in [0.4, 0.5) is 20.2 Å². The van der Waals surface area contributed by atoms with Crippen molar-refractivity contribution in [3.8, 4) is 11.1 Å². The molecule has 2 heterocycles. The SMILES string of the molecule is CN1CCN(c2cc(F)cc(F)c2)c2ccc(-c3cncnc3)cc2C1. The quantitative estimate of drug-likeness (QED) is 0.698. The number of hydrogen-bond acceptors (Lipinski definition) is 4. The Labute approximate surface area is 150 Å². The Kier molecular flexibility index (Phi) is 4.34. The predicted octanol–water partition coefficient (Wildman–Crippen LogP) is 4.01. The van der Waals surface area contributed by atoms with Gasteiger partial charge in [-0.05, 0) is 42.4 Å². The van der Waals surface area contributed by atoms with E-state index in [4.69, 9.17) is 0 Å². The van der Waals surface area contributed by atoms with Crippen LogP contribution in [0.3, 0.4) is 0 Å². The van der Waals surface area contributed by atoms with Crippen molar-refractivity contribution in [3.63, 3.8) is 0 Å². The molecule has 6 heteroatoms. The number of aromatic nitrogens is 2. The average molecular weight is 352 g/mol. The second-order valence-electron chi connectivity index (χ2n) is 6.49. The summed E-state index contributed by atoms with van der Waals surface area (Å²) in [6.07, 6.45) is 5.05. The van der Waals surface area contributed by atoms with Crippen LogP contribution in [0.25, 0.3) is 11.1 Å². The van der Waals surface area contributed by atoms with Gasteiger partial charge in [0.25, 0.3) is 0 Å². The van der Waals surface area contributed by atoms with Gasteiger partial charge in [-0.25, -0.2) is 18.7 Å². The van der Waals surface area contributed by atoms with Crippen molar-refractivity contribution >= 4 is 11.4 Å². The highest BCUT2D eigenvalue weighted by Gasteiger charge is 2.21. The topological polar surface area (TPSA) is 32.3 Å². The normalized spacial score (nSPS) is 14.8. The van der Waals surface area contributed by atoms with E-state index in [1.54, 1.807) is 12.4 Å². The number of fused-ring (bicyclic) bond motifs is 1. The predicted molar refractivity (Wildman–Crippen MR) is 97.2 cm³/mol. The van der Waals surface area contributed by atoms with Crippen LogP contribution in [-0.2, 0) is 6.54 Å².